The van der Waals surface area contributed by atoms with E-state index >= 15 is 0 Å². The number of amides is 1. The summed E-state index contributed by atoms with van der Waals surface area (Å²) in [6.07, 6.45) is 0.284. The Morgan fingerprint density at radius 3 is 2.81 bits per heavy atom. The Kier molecular flexibility index (Phi) is 4.30. The Bertz CT molecular complexity index is 628. The highest BCUT2D eigenvalue weighted by Gasteiger charge is 2.31. The van der Waals surface area contributed by atoms with Crippen LogP contribution in [0.4, 0.5) is 5.00 Å². The molecule has 1 amide bonds. The Morgan fingerprint density at radius 1 is 1.48 bits per heavy atom. The molecule has 0 unspecified atom stereocenters. The number of nitrogens with zero attached hydrogens (tertiary/aromatic N) is 1. The molecule has 0 atom stereocenters. The van der Waals surface area contributed by atoms with E-state index in [1.807, 2.05) is 13.8 Å². The number of ether oxygens (including phenoxy) is 1. The lowest BCUT2D eigenvalue weighted by Crippen LogP contribution is -2.31. The molecule has 0 bridgehead atoms. The van der Waals surface area contributed by atoms with E-state index in [1.54, 1.807) is 0 Å². The van der Waals surface area contributed by atoms with Crippen LogP contribution < -0.4 is 5.32 Å². The van der Waals surface area contributed by atoms with E-state index in [0.717, 1.165) is 10.4 Å². The minimum absolute atomic E-state index is 0.106. The number of rotatable bonds is 4. The standard InChI is InChI=1S/C14H16N2O4S/c1-14(2)5-8-9(6-15)13(21-10(8)7-20-14)16-11(17)3-4-12(18)19/h3-5,7H2,1-2H3,(H,16,17)(H,18,19). The average Bonchev–Trinajstić information content (AvgIpc) is 2.71. The van der Waals surface area contributed by atoms with Gasteiger partial charge in [0, 0.05) is 17.7 Å². The first-order valence-electron chi connectivity index (χ1n) is 6.52. The van der Waals surface area contributed by atoms with Crippen LogP contribution in [-0.4, -0.2) is 22.6 Å². The molecule has 0 spiro atoms. The van der Waals surface area contributed by atoms with Gasteiger partial charge in [-0.05, 0) is 19.4 Å². The summed E-state index contributed by atoms with van der Waals surface area (Å²) >= 11 is 1.32. The van der Waals surface area contributed by atoms with E-state index in [0.29, 0.717) is 23.6 Å². The summed E-state index contributed by atoms with van der Waals surface area (Å²) in [5.74, 6) is -1.42. The van der Waals surface area contributed by atoms with Crippen molar-refractivity contribution in [2.45, 2.75) is 45.3 Å². The molecular weight excluding hydrogens is 292 g/mol. The van der Waals surface area contributed by atoms with Crippen LogP contribution in [0.2, 0.25) is 0 Å². The number of nitriles is 1. The van der Waals surface area contributed by atoms with Crippen molar-refractivity contribution in [2.75, 3.05) is 5.32 Å². The zero-order valence-corrected chi connectivity index (χ0v) is 12.7. The predicted octanol–water partition coefficient (Wildman–Crippen LogP) is 2.27. The quantitative estimate of drug-likeness (QED) is 0.889. The third-order valence-electron chi connectivity index (χ3n) is 3.22. The number of thiophene rings is 1. The number of hydrogen-bond acceptors (Lipinski definition) is 5. The van der Waals surface area contributed by atoms with Crippen molar-refractivity contribution in [2.24, 2.45) is 0 Å². The molecule has 0 radical (unpaired) electrons. The van der Waals surface area contributed by atoms with Crippen LogP contribution in [0.15, 0.2) is 0 Å². The number of carbonyl (C=O) groups excluding carboxylic acids is 1. The molecule has 7 heteroatoms. The second-order valence-corrected chi connectivity index (χ2v) is 6.59. The summed E-state index contributed by atoms with van der Waals surface area (Å²) in [5.41, 5.74) is 1.06. The molecule has 6 nitrogen and oxygen atoms in total. The molecule has 1 aliphatic rings. The third kappa shape index (κ3) is 3.60. The Morgan fingerprint density at radius 2 is 2.19 bits per heavy atom. The highest BCUT2D eigenvalue weighted by Crippen LogP contribution is 2.39. The van der Waals surface area contributed by atoms with E-state index in [4.69, 9.17) is 9.84 Å². The number of nitrogens with one attached hydrogen (secondary N) is 1. The van der Waals surface area contributed by atoms with Gasteiger partial charge in [0.05, 0.1) is 24.2 Å². The van der Waals surface area contributed by atoms with E-state index in [2.05, 4.69) is 11.4 Å². The second-order valence-electron chi connectivity index (χ2n) is 5.49. The Balaban J connectivity index is 2.19. The van der Waals surface area contributed by atoms with Crippen molar-refractivity contribution in [3.63, 3.8) is 0 Å². The second kappa shape index (κ2) is 5.84. The van der Waals surface area contributed by atoms with Crippen molar-refractivity contribution < 1.29 is 19.4 Å². The largest absolute Gasteiger partial charge is 0.481 e. The summed E-state index contributed by atoms with van der Waals surface area (Å²) in [4.78, 5) is 23.1. The highest BCUT2D eigenvalue weighted by atomic mass is 32.1. The smallest absolute Gasteiger partial charge is 0.303 e. The molecule has 112 valence electrons. The number of carbonyl (C=O) groups is 2. The van der Waals surface area contributed by atoms with Crippen molar-refractivity contribution in [3.8, 4) is 6.07 Å². The molecular formula is C14H16N2O4S. The molecule has 1 aliphatic heterocycles. The molecule has 0 aromatic carbocycles. The van der Waals surface area contributed by atoms with E-state index in [9.17, 15) is 14.9 Å². The van der Waals surface area contributed by atoms with Gasteiger partial charge < -0.3 is 15.2 Å². The lowest BCUT2D eigenvalue weighted by Gasteiger charge is -2.29. The number of fused-ring (bicyclic) bond motifs is 1. The molecule has 0 aliphatic carbocycles. The number of anilines is 1. The topological polar surface area (TPSA) is 99.4 Å². The van der Waals surface area contributed by atoms with Crippen LogP contribution in [0.1, 0.15) is 42.7 Å². The van der Waals surface area contributed by atoms with Crippen LogP contribution in [-0.2, 0) is 27.4 Å². The Labute approximate surface area is 126 Å². The van der Waals surface area contributed by atoms with E-state index in [1.165, 1.54) is 11.3 Å². The van der Waals surface area contributed by atoms with Gasteiger partial charge in [0.2, 0.25) is 5.91 Å². The van der Waals surface area contributed by atoms with Gasteiger partial charge in [-0.1, -0.05) is 0 Å². The number of carboxylic acids is 1. The first-order valence-corrected chi connectivity index (χ1v) is 7.34. The van der Waals surface area contributed by atoms with Crippen LogP contribution in [0, 0.1) is 11.3 Å². The van der Waals surface area contributed by atoms with Gasteiger partial charge in [-0.3, -0.25) is 9.59 Å². The molecule has 2 heterocycles. The minimum Gasteiger partial charge on any atom is -0.481 e. The molecule has 1 aromatic heterocycles. The number of carboxylic acid groups (broad SMARTS) is 1. The monoisotopic (exact) mass is 308 g/mol. The third-order valence-corrected chi connectivity index (χ3v) is 4.34. The van der Waals surface area contributed by atoms with Gasteiger partial charge in [-0.15, -0.1) is 11.3 Å². The minimum atomic E-state index is -1.02. The zero-order valence-electron chi connectivity index (χ0n) is 11.9. The zero-order chi connectivity index (χ0) is 15.6. The summed E-state index contributed by atoms with van der Waals surface area (Å²) in [7, 11) is 0. The first kappa shape index (κ1) is 15.5. The fourth-order valence-corrected chi connectivity index (χ4v) is 3.27. The SMILES string of the molecule is CC1(C)Cc2c(sc(NC(=O)CCC(=O)O)c2C#N)CO1. The Hall–Kier alpha value is -1.91. The van der Waals surface area contributed by atoms with Gasteiger partial charge >= 0.3 is 5.97 Å². The summed E-state index contributed by atoms with van der Waals surface area (Å²) in [5, 5.41) is 21.0. The lowest BCUT2D eigenvalue weighted by atomic mass is 9.93. The van der Waals surface area contributed by atoms with Gasteiger partial charge in [-0.2, -0.15) is 5.26 Å². The predicted molar refractivity (Wildman–Crippen MR) is 77.1 cm³/mol. The normalized spacial score (nSPS) is 15.9. The van der Waals surface area contributed by atoms with Gasteiger partial charge in [-0.25, -0.2) is 0 Å². The molecule has 0 saturated heterocycles. The molecule has 1 aromatic rings. The van der Waals surface area contributed by atoms with Crippen molar-refractivity contribution >= 4 is 28.2 Å². The average molecular weight is 308 g/mol. The fourth-order valence-electron chi connectivity index (χ4n) is 2.17. The first-order chi connectivity index (χ1) is 9.82. The van der Waals surface area contributed by atoms with Gasteiger partial charge in [0.25, 0.3) is 0 Å². The molecule has 2 N–H and O–H groups in total. The summed E-state index contributed by atoms with van der Waals surface area (Å²) in [6, 6.07) is 2.14. The van der Waals surface area contributed by atoms with E-state index in [-0.39, 0.29) is 18.4 Å². The van der Waals surface area contributed by atoms with Crippen LogP contribution in [0.5, 0.6) is 0 Å². The van der Waals surface area contributed by atoms with Crippen molar-refractivity contribution in [1.29, 1.82) is 5.26 Å². The number of hydrogen-bond donors (Lipinski definition) is 2. The molecule has 21 heavy (non-hydrogen) atoms. The number of aliphatic carboxylic acids is 1. The van der Waals surface area contributed by atoms with Crippen molar-refractivity contribution in [1.82, 2.24) is 0 Å². The molecule has 0 saturated carbocycles. The van der Waals surface area contributed by atoms with Crippen LogP contribution in [0.25, 0.3) is 0 Å². The van der Waals surface area contributed by atoms with Crippen LogP contribution >= 0.6 is 11.3 Å². The fraction of sp³-hybridized carbons (Fsp3) is 0.500. The molecule has 2 rings (SSSR count). The van der Waals surface area contributed by atoms with Gasteiger partial charge in [0.1, 0.15) is 11.1 Å². The van der Waals surface area contributed by atoms with Crippen LogP contribution in [0.3, 0.4) is 0 Å². The van der Waals surface area contributed by atoms with Crippen molar-refractivity contribution in [3.05, 3.63) is 16.0 Å². The maximum Gasteiger partial charge on any atom is 0.303 e. The van der Waals surface area contributed by atoms with E-state index < -0.39 is 11.9 Å². The maximum atomic E-state index is 11.7. The highest BCUT2D eigenvalue weighted by molar-refractivity contribution is 7.16. The summed E-state index contributed by atoms with van der Waals surface area (Å²) in [6.45, 7) is 4.34. The maximum absolute atomic E-state index is 11.7. The van der Waals surface area contributed by atoms with Gasteiger partial charge in [0.15, 0.2) is 0 Å². The molecule has 0 fully saturated rings. The summed E-state index contributed by atoms with van der Waals surface area (Å²) < 4.78 is 5.70. The lowest BCUT2D eigenvalue weighted by molar-refractivity contribution is -0.138.